The molecular formula is C14H21Cl2NO2. The molecular weight excluding hydrogens is 285 g/mol. The van der Waals surface area contributed by atoms with Gasteiger partial charge < -0.3 is 14.8 Å². The topological polar surface area (TPSA) is 30.5 Å². The Labute approximate surface area is 125 Å². The number of ether oxygens (including phenoxy) is 2. The zero-order chi connectivity index (χ0) is 13.9. The van der Waals surface area contributed by atoms with Crippen molar-refractivity contribution in [3.8, 4) is 5.75 Å². The van der Waals surface area contributed by atoms with Crippen molar-refractivity contribution >= 4 is 23.2 Å². The van der Waals surface area contributed by atoms with E-state index in [1.807, 2.05) is 0 Å². The van der Waals surface area contributed by atoms with E-state index in [0.29, 0.717) is 35.6 Å². The largest absolute Gasteiger partial charge is 0.488 e. The molecule has 108 valence electrons. The van der Waals surface area contributed by atoms with Gasteiger partial charge in [0, 0.05) is 6.54 Å². The number of hydrogen-bond donors (Lipinski definition) is 1. The molecule has 19 heavy (non-hydrogen) atoms. The van der Waals surface area contributed by atoms with Gasteiger partial charge in [-0.05, 0) is 25.1 Å². The van der Waals surface area contributed by atoms with Crippen LogP contribution < -0.4 is 10.1 Å². The Morgan fingerprint density at radius 3 is 2.47 bits per heavy atom. The van der Waals surface area contributed by atoms with E-state index in [0.717, 1.165) is 13.1 Å². The van der Waals surface area contributed by atoms with Gasteiger partial charge in [-0.1, -0.05) is 42.6 Å². The summed E-state index contributed by atoms with van der Waals surface area (Å²) in [6.07, 6.45) is 2.41. The van der Waals surface area contributed by atoms with E-state index in [-0.39, 0.29) is 0 Å². The Morgan fingerprint density at radius 1 is 1.05 bits per heavy atom. The third-order valence-corrected chi connectivity index (χ3v) is 3.12. The van der Waals surface area contributed by atoms with E-state index in [1.165, 1.54) is 12.8 Å². The number of rotatable bonds is 10. The molecule has 0 fully saturated rings. The highest BCUT2D eigenvalue weighted by Gasteiger charge is 2.05. The Balaban J connectivity index is 2.05. The van der Waals surface area contributed by atoms with Crippen molar-refractivity contribution < 1.29 is 9.47 Å². The number of halogens is 2. The second-order valence-corrected chi connectivity index (χ2v) is 4.93. The smallest absolute Gasteiger partial charge is 0.156 e. The Hall–Kier alpha value is -0.480. The summed E-state index contributed by atoms with van der Waals surface area (Å²) in [7, 11) is 0. The van der Waals surface area contributed by atoms with Crippen LogP contribution in [0.2, 0.25) is 10.0 Å². The van der Waals surface area contributed by atoms with Crippen LogP contribution in [0.1, 0.15) is 19.8 Å². The minimum Gasteiger partial charge on any atom is -0.488 e. The fourth-order valence-electron chi connectivity index (χ4n) is 1.50. The van der Waals surface area contributed by atoms with E-state index in [4.69, 9.17) is 32.7 Å². The van der Waals surface area contributed by atoms with Crippen LogP contribution >= 0.6 is 23.2 Å². The Kier molecular flexibility index (Phi) is 9.01. The summed E-state index contributed by atoms with van der Waals surface area (Å²) >= 11 is 12.0. The first-order valence-electron chi connectivity index (χ1n) is 6.61. The number of nitrogens with one attached hydrogen (secondary N) is 1. The Bertz CT molecular complexity index is 341. The maximum atomic E-state index is 5.98. The van der Waals surface area contributed by atoms with Gasteiger partial charge in [-0.15, -0.1) is 0 Å². The van der Waals surface area contributed by atoms with Gasteiger partial charge in [0.25, 0.3) is 0 Å². The summed E-state index contributed by atoms with van der Waals surface area (Å²) in [5, 5.41) is 4.35. The molecule has 1 N–H and O–H groups in total. The van der Waals surface area contributed by atoms with Crippen molar-refractivity contribution in [1.29, 1.82) is 0 Å². The second kappa shape index (κ2) is 10.3. The molecule has 3 nitrogen and oxygen atoms in total. The lowest BCUT2D eigenvalue weighted by Gasteiger charge is -2.10. The minimum atomic E-state index is 0.443. The van der Waals surface area contributed by atoms with Crippen LogP contribution in [0.5, 0.6) is 5.75 Å². The van der Waals surface area contributed by atoms with Crippen LogP contribution in [0, 0.1) is 0 Å². The molecule has 0 aliphatic heterocycles. The molecule has 0 spiro atoms. The van der Waals surface area contributed by atoms with Crippen LogP contribution in [-0.4, -0.2) is 32.9 Å². The van der Waals surface area contributed by atoms with Gasteiger partial charge >= 0.3 is 0 Å². The molecule has 0 amide bonds. The third kappa shape index (κ3) is 7.02. The standard InChI is InChI=1S/C14H21Cl2NO2/c1-2-3-7-17-8-9-18-10-11-19-14-12(15)5-4-6-13(14)16/h4-6,17H,2-3,7-11H2,1H3. The van der Waals surface area contributed by atoms with Crippen molar-refractivity contribution in [2.24, 2.45) is 0 Å². The molecule has 0 unspecified atom stereocenters. The minimum absolute atomic E-state index is 0.443. The van der Waals surface area contributed by atoms with Crippen molar-refractivity contribution in [1.82, 2.24) is 5.32 Å². The first kappa shape index (κ1) is 16.6. The molecule has 0 aromatic heterocycles. The number of para-hydroxylation sites is 1. The van der Waals surface area contributed by atoms with Gasteiger partial charge in [-0.3, -0.25) is 0 Å². The molecule has 0 bridgehead atoms. The SMILES string of the molecule is CCCCNCCOCCOc1c(Cl)cccc1Cl. The van der Waals surface area contributed by atoms with Crippen molar-refractivity contribution in [3.05, 3.63) is 28.2 Å². The van der Waals surface area contributed by atoms with Gasteiger partial charge in [0.2, 0.25) is 0 Å². The number of unbranched alkanes of at least 4 members (excludes halogenated alkanes) is 1. The average molecular weight is 306 g/mol. The van der Waals surface area contributed by atoms with Crippen LogP contribution in [0.3, 0.4) is 0 Å². The monoisotopic (exact) mass is 305 g/mol. The molecule has 0 aliphatic rings. The molecule has 0 radical (unpaired) electrons. The lowest BCUT2D eigenvalue weighted by molar-refractivity contribution is 0.102. The highest BCUT2D eigenvalue weighted by molar-refractivity contribution is 6.37. The van der Waals surface area contributed by atoms with Crippen LogP contribution in [0.25, 0.3) is 0 Å². The molecule has 0 saturated heterocycles. The Morgan fingerprint density at radius 2 is 1.79 bits per heavy atom. The summed E-state index contributed by atoms with van der Waals surface area (Å²) in [5.74, 6) is 0.524. The van der Waals surface area contributed by atoms with Crippen molar-refractivity contribution in [3.63, 3.8) is 0 Å². The summed E-state index contributed by atoms with van der Waals surface area (Å²) in [5.41, 5.74) is 0. The van der Waals surface area contributed by atoms with E-state index in [9.17, 15) is 0 Å². The maximum Gasteiger partial charge on any atom is 0.156 e. The summed E-state index contributed by atoms with van der Waals surface area (Å²) in [6.45, 7) is 5.74. The fraction of sp³-hybridized carbons (Fsp3) is 0.571. The fourth-order valence-corrected chi connectivity index (χ4v) is 2.00. The quantitative estimate of drug-likeness (QED) is 0.667. The average Bonchev–Trinajstić information content (AvgIpc) is 2.40. The first-order valence-corrected chi connectivity index (χ1v) is 7.36. The zero-order valence-corrected chi connectivity index (χ0v) is 12.8. The highest BCUT2D eigenvalue weighted by Crippen LogP contribution is 2.32. The van der Waals surface area contributed by atoms with E-state index < -0.39 is 0 Å². The lowest BCUT2D eigenvalue weighted by Crippen LogP contribution is -2.21. The van der Waals surface area contributed by atoms with Crippen LogP contribution in [-0.2, 0) is 4.74 Å². The van der Waals surface area contributed by atoms with E-state index in [1.54, 1.807) is 18.2 Å². The second-order valence-electron chi connectivity index (χ2n) is 4.12. The number of benzene rings is 1. The number of hydrogen-bond acceptors (Lipinski definition) is 3. The van der Waals surface area contributed by atoms with Gasteiger partial charge in [0.15, 0.2) is 5.75 Å². The maximum absolute atomic E-state index is 5.98. The molecule has 1 aromatic carbocycles. The van der Waals surface area contributed by atoms with Crippen LogP contribution in [0.15, 0.2) is 18.2 Å². The van der Waals surface area contributed by atoms with E-state index >= 15 is 0 Å². The molecule has 0 aliphatic carbocycles. The molecule has 0 saturated carbocycles. The molecule has 1 rings (SSSR count). The van der Waals surface area contributed by atoms with Crippen LogP contribution in [0.4, 0.5) is 0 Å². The normalized spacial score (nSPS) is 10.7. The third-order valence-electron chi connectivity index (χ3n) is 2.52. The van der Waals surface area contributed by atoms with Crippen molar-refractivity contribution in [2.75, 3.05) is 32.9 Å². The summed E-state index contributed by atoms with van der Waals surface area (Å²) in [6, 6.07) is 5.29. The molecule has 5 heteroatoms. The van der Waals surface area contributed by atoms with Gasteiger partial charge in [0.05, 0.1) is 23.3 Å². The van der Waals surface area contributed by atoms with E-state index in [2.05, 4.69) is 12.2 Å². The summed E-state index contributed by atoms with van der Waals surface area (Å²) in [4.78, 5) is 0. The predicted octanol–water partition coefficient (Wildman–Crippen LogP) is 3.78. The highest BCUT2D eigenvalue weighted by atomic mass is 35.5. The molecule has 0 atom stereocenters. The lowest BCUT2D eigenvalue weighted by atomic mass is 10.3. The van der Waals surface area contributed by atoms with Crippen molar-refractivity contribution in [2.45, 2.75) is 19.8 Å². The predicted molar refractivity (Wildman–Crippen MR) is 80.6 cm³/mol. The first-order chi connectivity index (χ1) is 9.25. The molecule has 0 heterocycles. The molecule has 1 aromatic rings. The van der Waals surface area contributed by atoms with Gasteiger partial charge in [-0.2, -0.15) is 0 Å². The zero-order valence-electron chi connectivity index (χ0n) is 11.3. The summed E-state index contributed by atoms with van der Waals surface area (Å²) < 4.78 is 10.9. The van der Waals surface area contributed by atoms with Gasteiger partial charge in [-0.25, -0.2) is 0 Å². The van der Waals surface area contributed by atoms with Gasteiger partial charge in [0.1, 0.15) is 6.61 Å².